The van der Waals surface area contributed by atoms with Gasteiger partial charge in [-0.25, -0.2) is 0 Å². The van der Waals surface area contributed by atoms with Gasteiger partial charge in [-0.1, -0.05) is 11.6 Å². The highest BCUT2D eigenvalue weighted by atomic mass is 35.5. The fourth-order valence-corrected chi connectivity index (χ4v) is 5.24. The summed E-state index contributed by atoms with van der Waals surface area (Å²) in [6, 6.07) is 4.97. The van der Waals surface area contributed by atoms with Crippen LogP contribution >= 0.6 is 11.6 Å². The highest BCUT2D eigenvalue weighted by Crippen LogP contribution is 2.34. The summed E-state index contributed by atoms with van der Waals surface area (Å²) in [5.74, 6) is -0.0709. The maximum Gasteiger partial charge on any atom is 0.251 e. The van der Waals surface area contributed by atoms with Gasteiger partial charge in [-0.3, -0.25) is 9.79 Å². The Labute approximate surface area is 192 Å². The number of hydrogen-bond donors (Lipinski definition) is 1. The highest BCUT2D eigenvalue weighted by Gasteiger charge is 2.28. The molecule has 1 aliphatic carbocycles. The summed E-state index contributed by atoms with van der Waals surface area (Å²) in [4.78, 5) is 22.3. The average Bonchev–Trinajstić information content (AvgIpc) is 3.06. The Kier molecular flexibility index (Phi) is 7.82. The van der Waals surface area contributed by atoms with Gasteiger partial charge >= 0.3 is 0 Å². The molecule has 0 radical (unpaired) electrons. The zero-order chi connectivity index (χ0) is 22.7. The Morgan fingerprint density at radius 3 is 2.32 bits per heavy atom. The number of benzene rings is 1. The van der Waals surface area contributed by atoms with Gasteiger partial charge in [-0.15, -0.1) is 0 Å². The van der Waals surface area contributed by atoms with Crippen molar-refractivity contribution in [1.29, 1.82) is 0 Å². The smallest absolute Gasteiger partial charge is 0.251 e. The molecular weight excluding hydrogens is 408 g/mol. The molecule has 0 bridgehead atoms. The molecular formula is C25H37ClN4O. The van der Waals surface area contributed by atoms with Crippen LogP contribution in [-0.2, 0) is 0 Å². The summed E-state index contributed by atoms with van der Waals surface area (Å²) in [6.07, 6.45) is 5.58. The van der Waals surface area contributed by atoms with Crippen molar-refractivity contribution in [2.75, 3.05) is 32.1 Å². The van der Waals surface area contributed by atoms with Crippen molar-refractivity contribution < 1.29 is 4.79 Å². The lowest BCUT2D eigenvalue weighted by Crippen LogP contribution is -2.42. The minimum atomic E-state index is -0.0709. The van der Waals surface area contributed by atoms with Crippen molar-refractivity contribution in [3.05, 3.63) is 39.6 Å². The summed E-state index contributed by atoms with van der Waals surface area (Å²) in [5.41, 5.74) is 6.06. The lowest BCUT2D eigenvalue weighted by molar-refractivity contribution is 0.0956. The first kappa shape index (κ1) is 23.8. The lowest BCUT2D eigenvalue weighted by atomic mass is 9.89. The molecule has 0 spiro atoms. The Morgan fingerprint density at radius 1 is 1.13 bits per heavy atom. The predicted octanol–water partition coefficient (Wildman–Crippen LogP) is 5.22. The van der Waals surface area contributed by atoms with Crippen molar-refractivity contribution in [3.63, 3.8) is 0 Å². The van der Waals surface area contributed by atoms with E-state index in [1.807, 2.05) is 26.8 Å². The Balaban J connectivity index is 1.76. The summed E-state index contributed by atoms with van der Waals surface area (Å²) >= 11 is 6.50. The molecule has 1 N–H and O–H groups in total. The van der Waals surface area contributed by atoms with Gasteiger partial charge < -0.3 is 15.1 Å². The third-order valence-electron chi connectivity index (χ3n) is 6.88. The van der Waals surface area contributed by atoms with Gasteiger partial charge in [0.25, 0.3) is 5.91 Å². The van der Waals surface area contributed by atoms with E-state index in [0.29, 0.717) is 29.2 Å². The first-order valence-corrected chi connectivity index (χ1v) is 11.8. The number of aliphatic imine (C=N–C) groups is 1. The number of nitrogens with one attached hydrogen (secondary N) is 1. The number of anilines is 1. The summed E-state index contributed by atoms with van der Waals surface area (Å²) in [5, 5.41) is 3.70. The van der Waals surface area contributed by atoms with Crippen LogP contribution in [-0.4, -0.2) is 55.8 Å². The van der Waals surface area contributed by atoms with E-state index in [0.717, 1.165) is 48.5 Å². The van der Waals surface area contributed by atoms with Crippen LogP contribution in [0.1, 0.15) is 68.8 Å². The van der Waals surface area contributed by atoms with E-state index in [4.69, 9.17) is 11.6 Å². The van der Waals surface area contributed by atoms with Crippen molar-refractivity contribution >= 4 is 28.9 Å². The third-order valence-corrected chi connectivity index (χ3v) is 7.10. The fourth-order valence-electron chi connectivity index (χ4n) is 5.02. The molecule has 6 heteroatoms. The van der Waals surface area contributed by atoms with Gasteiger partial charge in [0.05, 0.1) is 0 Å². The molecule has 0 aromatic heterocycles. The maximum absolute atomic E-state index is 13.1. The van der Waals surface area contributed by atoms with E-state index in [2.05, 4.69) is 41.1 Å². The molecule has 0 atom stereocenters. The Morgan fingerprint density at radius 2 is 1.77 bits per heavy atom. The number of carbonyl (C=O) groups excluding carboxylic acids is 1. The van der Waals surface area contributed by atoms with Gasteiger partial charge in [-0.2, -0.15) is 0 Å². The molecule has 1 amide bonds. The molecule has 1 fully saturated rings. The SMILES string of the molecule is CCN(c1cc(Cl)cc(C(=O)NCC2=C(C)N=C(C)C2)c1C)C1CCC(N(C)C)CC1. The fraction of sp³-hybridized carbons (Fsp3) is 0.600. The molecule has 170 valence electrons. The van der Waals surface area contributed by atoms with E-state index in [-0.39, 0.29) is 5.91 Å². The number of rotatable bonds is 7. The van der Waals surface area contributed by atoms with Crippen LogP contribution in [0.5, 0.6) is 0 Å². The first-order valence-electron chi connectivity index (χ1n) is 11.4. The van der Waals surface area contributed by atoms with E-state index < -0.39 is 0 Å². The summed E-state index contributed by atoms with van der Waals surface area (Å²) < 4.78 is 0. The molecule has 0 unspecified atom stereocenters. The molecule has 1 aromatic carbocycles. The molecule has 1 aliphatic heterocycles. The van der Waals surface area contributed by atoms with Crippen LogP contribution in [0.2, 0.25) is 5.02 Å². The van der Waals surface area contributed by atoms with Crippen LogP contribution in [0.15, 0.2) is 28.4 Å². The summed E-state index contributed by atoms with van der Waals surface area (Å²) in [6.45, 7) is 9.70. The monoisotopic (exact) mass is 444 g/mol. The van der Waals surface area contributed by atoms with Crippen LogP contribution < -0.4 is 10.2 Å². The zero-order valence-corrected chi connectivity index (χ0v) is 20.6. The second-order valence-corrected chi connectivity index (χ2v) is 9.64. The molecule has 31 heavy (non-hydrogen) atoms. The number of halogens is 1. The largest absolute Gasteiger partial charge is 0.369 e. The van der Waals surface area contributed by atoms with Crippen LogP contribution in [0, 0.1) is 6.92 Å². The van der Waals surface area contributed by atoms with Crippen molar-refractivity contribution in [2.24, 2.45) is 4.99 Å². The molecule has 3 rings (SSSR count). The number of nitrogens with zero attached hydrogens (tertiary/aromatic N) is 3. The van der Waals surface area contributed by atoms with Gasteiger partial charge in [-0.05, 0) is 90.7 Å². The van der Waals surface area contributed by atoms with Gasteiger partial charge in [0.2, 0.25) is 0 Å². The second-order valence-electron chi connectivity index (χ2n) is 9.20. The molecule has 0 saturated heterocycles. The Bertz CT molecular complexity index is 882. The molecule has 1 heterocycles. The number of amides is 1. The molecule has 5 nitrogen and oxygen atoms in total. The minimum absolute atomic E-state index is 0.0709. The predicted molar refractivity (Wildman–Crippen MR) is 132 cm³/mol. The third kappa shape index (κ3) is 5.50. The summed E-state index contributed by atoms with van der Waals surface area (Å²) in [7, 11) is 4.34. The number of hydrogen-bond acceptors (Lipinski definition) is 4. The lowest BCUT2D eigenvalue weighted by Gasteiger charge is -2.40. The van der Waals surface area contributed by atoms with Crippen LogP contribution in [0.3, 0.4) is 0 Å². The van der Waals surface area contributed by atoms with E-state index in [1.54, 1.807) is 6.07 Å². The Hall–Kier alpha value is -1.85. The molecule has 1 saturated carbocycles. The number of carbonyl (C=O) groups is 1. The quantitative estimate of drug-likeness (QED) is 0.627. The first-order chi connectivity index (χ1) is 14.7. The van der Waals surface area contributed by atoms with Crippen molar-refractivity contribution in [2.45, 2.75) is 71.9 Å². The normalized spacial score (nSPS) is 21.5. The number of allylic oxidation sites excluding steroid dienone is 1. The van der Waals surface area contributed by atoms with Gasteiger partial charge in [0.1, 0.15) is 0 Å². The van der Waals surface area contributed by atoms with Crippen molar-refractivity contribution in [3.8, 4) is 0 Å². The van der Waals surface area contributed by atoms with E-state index in [1.165, 1.54) is 18.4 Å². The van der Waals surface area contributed by atoms with Crippen LogP contribution in [0.25, 0.3) is 0 Å². The maximum atomic E-state index is 13.1. The van der Waals surface area contributed by atoms with Crippen molar-refractivity contribution in [1.82, 2.24) is 10.2 Å². The zero-order valence-electron chi connectivity index (χ0n) is 19.9. The standard InChI is InChI=1S/C25H37ClN4O/c1-7-30(22-10-8-21(9-11-22)29(5)6)24-14-20(26)13-23(17(24)3)25(31)27-15-19-12-16(2)28-18(19)4/h13-14,21-22H,7-12,15H2,1-6H3,(H,27,31). The van der Waals surface area contributed by atoms with Gasteiger partial charge in [0.15, 0.2) is 0 Å². The minimum Gasteiger partial charge on any atom is -0.369 e. The molecule has 1 aromatic rings. The van der Waals surface area contributed by atoms with E-state index in [9.17, 15) is 4.79 Å². The highest BCUT2D eigenvalue weighted by molar-refractivity contribution is 6.31. The average molecular weight is 445 g/mol. The van der Waals surface area contributed by atoms with E-state index >= 15 is 0 Å². The second kappa shape index (κ2) is 10.2. The van der Waals surface area contributed by atoms with Crippen LogP contribution in [0.4, 0.5) is 5.69 Å². The van der Waals surface area contributed by atoms with Gasteiger partial charge in [0, 0.05) is 59.3 Å². The molecule has 2 aliphatic rings. The topological polar surface area (TPSA) is 47.9 Å².